The van der Waals surface area contributed by atoms with Gasteiger partial charge in [0.25, 0.3) is 0 Å². The van der Waals surface area contributed by atoms with Gasteiger partial charge in [-0.1, -0.05) is 29.4 Å². The number of rotatable bonds is 7. The van der Waals surface area contributed by atoms with E-state index in [1.165, 1.54) is 16.4 Å². The number of hydrogen-bond acceptors (Lipinski definition) is 7. The fraction of sp³-hybridized carbons (Fsp3) is 0.158. The number of nitrogens with one attached hydrogen (secondary N) is 1. The number of anilines is 1. The van der Waals surface area contributed by atoms with Gasteiger partial charge in [-0.3, -0.25) is 4.79 Å². The Morgan fingerprint density at radius 3 is 2.83 bits per heavy atom. The van der Waals surface area contributed by atoms with Crippen molar-refractivity contribution in [3.05, 3.63) is 64.9 Å². The third kappa shape index (κ3) is 5.40. The summed E-state index contributed by atoms with van der Waals surface area (Å²) in [6.07, 6.45) is 0. The molecule has 0 saturated carbocycles. The van der Waals surface area contributed by atoms with Crippen molar-refractivity contribution in [1.29, 1.82) is 5.26 Å². The SMILES string of the molecule is C[C@H](Sc1nnc(COc2ccc(Cl)cc2)n1N)C(=O)Nc1cccc(C#N)c1. The molecule has 10 heteroatoms. The summed E-state index contributed by atoms with van der Waals surface area (Å²) in [7, 11) is 0. The van der Waals surface area contributed by atoms with Gasteiger partial charge in [0.15, 0.2) is 5.82 Å². The molecule has 0 aliphatic carbocycles. The number of hydrogen-bond donors (Lipinski definition) is 2. The molecule has 3 rings (SSSR count). The van der Waals surface area contributed by atoms with Crippen LogP contribution in [0, 0.1) is 11.3 Å². The molecule has 0 fully saturated rings. The number of nitrogen functional groups attached to an aromatic ring is 1. The number of aromatic nitrogens is 3. The molecule has 0 radical (unpaired) electrons. The third-order valence-electron chi connectivity index (χ3n) is 3.83. The summed E-state index contributed by atoms with van der Waals surface area (Å²) in [5.41, 5.74) is 1.02. The van der Waals surface area contributed by atoms with Crippen LogP contribution in [0.1, 0.15) is 18.3 Å². The van der Waals surface area contributed by atoms with Crippen molar-refractivity contribution in [3.63, 3.8) is 0 Å². The predicted octanol–water partition coefficient (Wildman–Crippen LogP) is 3.22. The minimum Gasteiger partial charge on any atom is -0.486 e. The molecule has 1 heterocycles. The number of carbonyl (C=O) groups is 1. The highest BCUT2D eigenvalue weighted by molar-refractivity contribution is 8.00. The second-order valence-electron chi connectivity index (χ2n) is 5.95. The van der Waals surface area contributed by atoms with Crippen molar-refractivity contribution in [2.45, 2.75) is 23.9 Å². The molecule has 0 aliphatic heterocycles. The van der Waals surface area contributed by atoms with Gasteiger partial charge in [0.05, 0.1) is 16.9 Å². The summed E-state index contributed by atoms with van der Waals surface area (Å²) < 4.78 is 6.91. The third-order valence-corrected chi connectivity index (χ3v) is 5.14. The second-order valence-corrected chi connectivity index (χ2v) is 7.70. The Morgan fingerprint density at radius 1 is 1.34 bits per heavy atom. The van der Waals surface area contributed by atoms with Crippen LogP contribution in [0.25, 0.3) is 0 Å². The number of amides is 1. The number of halogens is 1. The Kier molecular flexibility index (Phi) is 6.59. The average Bonchev–Trinajstić information content (AvgIpc) is 3.07. The summed E-state index contributed by atoms with van der Waals surface area (Å²) in [6.45, 7) is 1.85. The van der Waals surface area contributed by atoms with Gasteiger partial charge in [-0.05, 0) is 49.4 Å². The molecule has 3 N–H and O–H groups in total. The minimum atomic E-state index is -0.489. The lowest BCUT2D eigenvalue weighted by Gasteiger charge is -2.12. The van der Waals surface area contributed by atoms with Crippen LogP contribution in [0.2, 0.25) is 5.02 Å². The van der Waals surface area contributed by atoms with Gasteiger partial charge in [0.1, 0.15) is 12.4 Å². The number of carbonyl (C=O) groups excluding carboxylic acids is 1. The standard InChI is InChI=1S/C19H17ClN6O2S/c1-12(18(27)23-15-4-2-3-13(9-15)10-21)29-19-25-24-17(26(19)22)11-28-16-7-5-14(20)6-8-16/h2-9,12H,11,22H2,1H3,(H,23,27)/t12-/m0/s1. The summed E-state index contributed by atoms with van der Waals surface area (Å²) in [4.78, 5) is 12.4. The van der Waals surface area contributed by atoms with Gasteiger partial charge in [-0.2, -0.15) is 5.26 Å². The van der Waals surface area contributed by atoms with E-state index >= 15 is 0 Å². The Morgan fingerprint density at radius 2 is 2.10 bits per heavy atom. The molecule has 1 amide bonds. The Bertz CT molecular complexity index is 1050. The van der Waals surface area contributed by atoms with Crippen molar-refractivity contribution in [2.24, 2.45) is 0 Å². The van der Waals surface area contributed by atoms with Crippen molar-refractivity contribution in [2.75, 3.05) is 11.2 Å². The van der Waals surface area contributed by atoms with E-state index in [0.29, 0.717) is 33.0 Å². The zero-order chi connectivity index (χ0) is 20.8. The van der Waals surface area contributed by atoms with E-state index in [1.807, 2.05) is 6.07 Å². The highest BCUT2D eigenvalue weighted by Crippen LogP contribution is 2.23. The maximum absolute atomic E-state index is 12.4. The van der Waals surface area contributed by atoms with Crippen molar-refractivity contribution in [1.82, 2.24) is 14.9 Å². The number of ether oxygens (including phenoxy) is 1. The first kappa shape index (κ1) is 20.5. The molecule has 29 heavy (non-hydrogen) atoms. The maximum atomic E-state index is 12.4. The van der Waals surface area contributed by atoms with Crippen LogP contribution >= 0.6 is 23.4 Å². The quantitative estimate of drug-likeness (QED) is 0.438. The van der Waals surface area contributed by atoms with Gasteiger partial charge < -0.3 is 15.9 Å². The number of nitrogens with zero attached hydrogens (tertiary/aromatic N) is 4. The molecule has 0 bridgehead atoms. The first-order valence-electron chi connectivity index (χ1n) is 8.51. The lowest BCUT2D eigenvalue weighted by Crippen LogP contribution is -2.24. The van der Waals surface area contributed by atoms with E-state index in [9.17, 15) is 4.79 Å². The largest absolute Gasteiger partial charge is 0.486 e. The van der Waals surface area contributed by atoms with E-state index in [1.54, 1.807) is 55.5 Å². The normalized spacial score (nSPS) is 11.5. The van der Waals surface area contributed by atoms with E-state index in [2.05, 4.69) is 15.5 Å². The van der Waals surface area contributed by atoms with Crippen LogP contribution in [0.15, 0.2) is 53.7 Å². The topological polar surface area (TPSA) is 119 Å². The fourth-order valence-electron chi connectivity index (χ4n) is 2.29. The molecule has 0 spiro atoms. The highest BCUT2D eigenvalue weighted by Gasteiger charge is 2.20. The Hall–Kier alpha value is -3.22. The fourth-order valence-corrected chi connectivity index (χ4v) is 3.20. The molecule has 0 aliphatic rings. The zero-order valence-electron chi connectivity index (χ0n) is 15.4. The van der Waals surface area contributed by atoms with E-state index in [4.69, 9.17) is 27.4 Å². The molecule has 3 aromatic rings. The maximum Gasteiger partial charge on any atom is 0.237 e. The zero-order valence-corrected chi connectivity index (χ0v) is 16.9. The van der Waals surface area contributed by atoms with E-state index < -0.39 is 5.25 Å². The first-order valence-corrected chi connectivity index (χ1v) is 9.77. The van der Waals surface area contributed by atoms with Crippen LogP contribution in [-0.2, 0) is 11.4 Å². The lowest BCUT2D eigenvalue weighted by atomic mass is 10.2. The molecule has 2 aromatic carbocycles. The monoisotopic (exact) mass is 428 g/mol. The molecule has 1 atom stereocenters. The number of benzene rings is 2. The van der Waals surface area contributed by atoms with Crippen LogP contribution in [0.5, 0.6) is 5.75 Å². The van der Waals surface area contributed by atoms with Gasteiger partial charge in [0.2, 0.25) is 11.1 Å². The molecule has 0 unspecified atom stereocenters. The van der Waals surface area contributed by atoms with Crippen LogP contribution in [-0.4, -0.2) is 26.0 Å². The molecule has 0 saturated heterocycles. The smallest absolute Gasteiger partial charge is 0.237 e. The van der Waals surface area contributed by atoms with Gasteiger partial charge in [-0.25, -0.2) is 4.68 Å². The van der Waals surface area contributed by atoms with E-state index in [-0.39, 0.29) is 12.5 Å². The number of thioether (sulfide) groups is 1. The molecular formula is C19H17ClN6O2S. The van der Waals surface area contributed by atoms with E-state index in [0.717, 1.165) is 0 Å². The second kappa shape index (κ2) is 9.32. The van der Waals surface area contributed by atoms with Crippen molar-refractivity contribution in [3.8, 4) is 11.8 Å². The van der Waals surface area contributed by atoms with Gasteiger partial charge >= 0.3 is 0 Å². The van der Waals surface area contributed by atoms with Crippen LogP contribution in [0.3, 0.4) is 0 Å². The number of nitriles is 1. The highest BCUT2D eigenvalue weighted by atomic mass is 35.5. The van der Waals surface area contributed by atoms with Gasteiger partial charge in [-0.15, -0.1) is 10.2 Å². The minimum absolute atomic E-state index is 0.118. The Labute approximate surface area is 176 Å². The summed E-state index contributed by atoms with van der Waals surface area (Å²) >= 11 is 7.01. The lowest BCUT2D eigenvalue weighted by molar-refractivity contribution is -0.115. The predicted molar refractivity (Wildman–Crippen MR) is 111 cm³/mol. The van der Waals surface area contributed by atoms with Crippen LogP contribution in [0.4, 0.5) is 5.69 Å². The van der Waals surface area contributed by atoms with Gasteiger partial charge in [0, 0.05) is 10.7 Å². The molecule has 148 valence electrons. The summed E-state index contributed by atoms with van der Waals surface area (Å²) in [5.74, 6) is 6.83. The van der Waals surface area contributed by atoms with Crippen LogP contribution < -0.4 is 15.9 Å². The first-order chi connectivity index (χ1) is 14.0. The summed E-state index contributed by atoms with van der Waals surface area (Å²) in [5, 5.41) is 20.3. The molecule has 1 aromatic heterocycles. The van der Waals surface area contributed by atoms with Crippen molar-refractivity contribution < 1.29 is 9.53 Å². The average molecular weight is 429 g/mol. The summed E-state index contributed by atoms with van der Waals surface area (Å²) in [6, 6.07) is 15.6. The number of nitrogens with two attached hydrogens (primary N) is 1. The Balaban J connectivity index is 1.58. The van der Waals surface area contributed by atoms with Crippen molar-refractivity contribution >= 4 is 35.0 Å². The molecular weight excluding hydrogens is 412 g/mol. The molecule has 8 nitrogen and oxygen atoms in total.